The number of fused-ring (bicyclic) bond motifs is 1. The van der Waals surface area contributed by atoms with Crippen LogP contribution in [0.15, 0.2) is 11.6 Å². The van der Waals surface area contributed by atoms with Crippen LogP contribution in [0.5, 0.6) is 0 Å². The first-order chi connectivity index (χ1) is 16.2. The Morgan fingerprint density at radius 1 is 1.00 bits per heavy atom. The third kappa shape index (κ3) is 6.10. The smallest absolute Gasteiger partial charge is 0.332 e. The molecule has 2 heterocycles. The van der Waals surface area contributed by atoms with Crippen LogP contribution in [-0.2, 0) is 23.4 Å². The molecular formula is C27H45NO5Si3. The van der Waals surface area contributed by atoms with Gasteiger partial charge in [0.05, 0.1) is 25.2 Å². The van der Waals surface area contributed by atoms with Gasteiger partial charge in [-0.15, -0.1) is 11.1 Å². The van der Waals surface area contributed by atoms with Crippen molar-refractivity contribution in [2.75, 3.05) is 13.2 Å². The van der Waals surface area contributed by atoms with E-state index in [0.717, 1.165) is 5.57 Å². The highest BCUT2D eigenvalue weighted by Crippen LogP contribution is 2.53. The van der Waals surface area contributed by atoms with Crippen molar-refractivity contribution in [1.82, 2.24) is 0 Å². The van der Waals surface area contributed by atoms with E-state index >= 15 is 0 Å². The van der Waals surface area contributed by atoms with Crippen LogP contribution in [0.3, 0.4) is 0 Å². The highest BCUT2D eigenvalue weighted by atomic mass is 28.4. The normalized spacial score (nSPS) is 30.4. The van der Waals surface area contributed by atoms with Crippen molar-refractivity contribution < 1.29 is 23.4 Å². The summed E-state index contributed by atoms with van der Waals surface area (Å²) in [7, 11) is -5.94. The summed E-state index contributed by atoms with van der Waals surface area (Å²) < 4.78 is 25.6. The maximum absolute atomic E-state index is 13.0. The van der Waals surface area contributed by atoms with Crippen LogP contribution >= 0.6 is 0 Å². The predicted molar refractivity (Wildman–Crippen MR) is 152 cm³/mol. The zero-order valence-electron chi connectivity index (χ0n) is 24.0. The second-order valence-corrected chi connectivity index (χ2v) is 28.1. The average Bonchev–Trinajstić information content (AvgIpc) is 3.16. The predicted octanol–water partition coefficient (Wildman–Crippen LogP) is 4.45. The minimum atomic E-state index is -2.38. The van der Waals surface area contributed by atoms with Crippen molar-refractivity contribution in [1.29, 1.82) is 0 Å². The van der Waals surface area contributed by atoms with E-state index in [1.54, 1.807) is 6.08 Å². The van der Waals surface area contributed by atoms with Crippen LogP contribution in [0, 0.1) is 28.8 Å². The number of hydrogen-bond acceptors (Lipinski definition) is 6. The van der Waals surface area contributed by atoms with Crippen LogP contribution in [-0.4, -0.2) is 67.2 Å². The number of hydrogen-bond donors (Lipinski definition) is 1. The van der Waals surface area contributed by atoms with E-state index in [0.29, 0.717) is 19.6 Å². The summed E-state index contributed by atoms with van der Waals surface area (Å²) in [5.74, 6) is 4.91. The topological polar surface area (TPSA) is 80.0 Å². The molecule has 0 radical (unpaired) electrons. The summed E-state index contributed by atoms with van der Waals surface area (Å²) in [6, 6.07) is -0.579. The lowest BCUT2D eigenvalue weighted by molar-refractivity contribution is -0.222. The molecule has 0 aromatic rings. The molecule has 1 aliphatic carbocycles. The Kier molecular flexibility index (Phi) is 7.78. The molecule has 200 valence electrons. The first-order valence-corrected chi connectivity index (χ1v) is 22.8. The second kappa shape index (κ2) is 9.53. The Morgan fingerprint density at radius 2 is 1.56 bits per heavy atom. The molecule has 0 bridgehead atoms. The highest BCUT2D eigenvalue weighted by molar-refractivity contribution is 6.84. The fraction of sp³-hybridized carbons (Fsp3) is 0.741. The molecule has 9 heteroatoms. The monoisotopic (exact) mass is 547 g/mol. The number of cyclic esters (lactones) is 1. The van der Waals surface area contributed by atoms with Crippen LogP contribution < -0.4 is 5.73 Å². The number of nitrogens with two attached hydrogens (primary N) is 1. The Labute approximate surface area is 221 Å². The first kappa shape index (κ1) is 29.4. The lowest BCUT2D eigenvalue weighted by Crippen LogP contribution is -2.68. The van der Waals surface area contributed by atoms with Crippen molar-refractivity contribution in [2.45, 2.75) is 108 Å². The SMILES string of the molecule is CC(C)(C)[Si](C)(C)O[C@]1(C#C[Si](C)(C)C)CC2(OCCO2)[C@@H](N)[C@H]2C1=CC(=O)O[C@@H]2C#C[Si](C)(C)C. The van der Waals surface area contributed by atoms with E-state index < -0.39 is 59.9 Å². The summed E-state index contributed by atoms with van der Waals surface area (Å²) in [5, 5.41) is -0.0762. The molecule has 4 atom stereocenters. The van der Waals surface area contributed by atoms with Crippen molar-refractivity contribution in [3.8, 4) is 22.9 Å². The fourth-order valence-electron chi connectivity index (χ4n) is 4.51. The maximum atomic E-state index is 13.0. The molecular weight excluding hydrogens is 503 g/mol. The van der Waals surface area contributed by atoms with E-state index in [1.165, 1.54) is 0 Å². The van der Waals surface area contributed by atoms with Crippen LogP contribution in [0.4, 0.5) is 0 Å². The van der Waals surface area contributed by atoms with Gasteiger partial charge in [-0.05, 0) is 23.7 Å². The van der Waals surface area contributed by atoms with Gasteiger partial charge in [0.25, 0.3) is 0 Å². The Morgan fingerprint density at radius 3 is 2.06 bits per heavy atom. The maximum Gasteiger partial charge on any atom is 0.332 e. The quantitative estimate of drug-likeness (QED) is 0.313. The lowest BCUT2D eigenvalue weighted by atomic mass is 9.65. The van der Waals surface area contributed by atoms with Crippen molar-refractivity contribution >= 4 is 30.4 Å². The molecule has 6 nitrogen and oxygen atoms in total. The Bertz CT molecular complexity index is 1030. The number of carbonyl (C=O) groups is 1. The number of rotatable bonds is 2. The zero-order valence-corrected chi connectivity index (χ0v) is 27.0. The Hall–Kier alpha value is -1.18. The van der Waals surface area contributed by atoms with E-state index in [2.05, 4.69) is 96.1 Å². The van der Waals surface area contributed by atoms with Crippen molar-refractivity contribution in [3.63, 3.8) is 0 Å². The molecule has 3 rings (SSSR count). The molecule has 2 aliphatic heterocycles. The van der Waals surface area contributed by atoms with Crippen molar-refractivity contribution in [2.24, 2.45) is 11.7 Å². The summed E-state index contributed by atoms with van der Waals surface area (Å²) >= 11 is 0. The van der Waals surface area contributed by atoms with Crippen LogP contribution in [0.2, 0.25) is 57.4 Å². The van der Waals surface area contributed by atoms with Crippen LogP contribution in [0.25, 0.3) is 0 Å². The van der Waals surface area contributed by atoms with Gasteiger partial charge in [0.15, 0.2) is 20.2 Å². The zero-order chi connectivity index (χ0) is 27.4. The third-order valence-corrected chi connectivity index (χ3v) is 13.5. The summed E-state index contributed by atoms with van der Waals surface area (Å²) in [6.07, 6.45) is 1.17. The van der Waals surface area contributed by atoms with E-state index in [4.69, 9.17) is 24.4 Å². The van der Waals surface area contributed by atoms with E-state index in [1.807, 2.05) is 0 Å². The number of carbonyl (C=O) groups excluding carboxylic acids is 1. The lowest BCUT2D eigenvalue weighted by Gasteiger charge is -2.55. The minimum absolute atomic E-state index is 0.0762. The second-order valence-electron chi connectivity index (χ2n) is 13.9. The molecule has 0 amide bonds. The summed E-state index contributed by atoms with van der Waals surface area (Å²) in [5.41, 5.74) is 13.6. The van der Waals surface area contributed by atoms with Gasteiger partial charge in [-0.1, -0.05) is 71.9 Å². The van der Waals surface area contributed by atoms with Gasteiger partial charge >= 0.3 is 5.97 Å². The molecule has 0 aromatic heterocycles. The first-order valence-electron chi connectivity index (χ1n) is 12.9. The molecule has 0 aromatic carbocycles. The van der Waals surface area contributed by atoms with Crippen molar-refractivity contribution in [3.05, 3.63) is 11.6 Å². The summed E-state index contributed by atoms with van der Waals surface area (Å²) in [4.78, 5) is 13.0. The molecule has 1 saturated heterocycles. The molecule has 36 heavy (non-hydrogen) atoms. The summed E-state index contributed by atoms with van der Waals surface area (Å²) in [6.45, 7) is 25.0. The van der Waals surface area contributed by atoms with Gasteiger partial charge < -0.3 is 24.4 Å². The number of esters is 1. The molecule has 3 aliphatic rings. The van der Waals surface area contributed by atoms with E-state index in [-0.39, 0.29) is 5.04 Å². The van der Waals surface area contributed by atoms with Gasteiger partial charge in [0.2, 0.25) is 0 Å². The van der Waals surface area contributed by atoms with Gasteiger partial charge in [-0.25, -0.2) is 4.79 Å². The largest absolute Gasteiger partial charge is 0.445 e. The average molecular weight is 548 g/mol. The molecule has 1 spiro atoms. The highest BCUT2D eigenvalue weighted by Gasteiger charge is 2.64. The molecule has 2 fully saturated rings. The fourth-order valence-corrected chi connectivity index (χ4v) is 7.08. The van der Waals surface area contributed by atoms with E-state index in [9.17, 15) is 4.79 Å². The third-order valence-electron chi connectivity index (χ3n) is 7.30. The van der Waals surface area contributed by atoms with Gasteiger partial charge in [0.1, 0.15) is 21.7 Å². The van der Waals surface area contributed by atoms with Crippen LogP contribution in [0.1, 0.15) is 27.2 Å². The Balaban J connectivity index is 2.31. The van der Waals surface area contributed by atoms with Gasteiger partial charge in [-0.3, -0.25) is 0 Å². The number of ether oxygens (including phenoxy) is 3. The molecule has 1 saturated carbocycles. The standard InChI is InChI=1S/C27H45NO5Si3/c1-25(2,3)36(10,11)33-26(13-17-35(7,8)9)19-27(30-14-15-31-27)24(28)23-20(26)18-22(29)32-21(23)12-16-34(4,5)6/h18,21,23-24H,14-15,19,28H2,1-11H3/t21-,23+,24+,26-/m1/s1. The van der Waals surface area contributed by atoms with Gasteiger partial charge in [0, 0.05) is 12.5 Å². The molecule has 0 unspecified atom stereocenters. The molecule has 2 N–H and O–H groups in total. The minimum Gasteiger partial charge on any atom is -0.445 e. The van der Waals surface area contributed by atoms with Gasteiger partial charge in [-0.2, -0.15) is 0 Å².